The molecule has 0 aliphatic carbocycles. The molecule has 1 aromatic carbocycles. The van der Waals surface area contributed by atoms with Crippen LogP contribution in [0.1, 0.15) is 22.9 Å². The highest BCUT2D eigenvalue weighted by Crippen LogP contribution is 2.16. The molecule has 0 spiro atoms. The zero-order chi connectivity index (χ0) is 14.4. The Kier molecular flexibility index (Phi) is 4.90. The maximum Gasteiger partial charge on any atom is 0.314 e. The topological polar surface area (TPSA) is 64.4 Å². The zero-order valence-corrected chi connectivity index (χ0v) is 11.6. The molecule has 5 heteroatoms. The summed E-state index contributed by atoms with van der Waals surface area (Å²) in [4.78, 5) is 11.9. The largest absolute Gasteiger partial charge is 0.469 e. The van der Waals surface area contributed by atoms with Gasteiger partial charge in [0, 0.05) is 19.2 Å². The van der Waals surface area contributed by atoms with Crippen molar-refractivity contribution < 1.29 is 14.1 Å². The van der Waals surface area contributed by atoms with Crippen molar-refractivity contribution in [2.24, 2.45) is 0 Å². The first-order valence-electron chi connectivity index (χ1n) is 6.46. The number of ether oxygens (including phenoxy) is 1. The Morgan fingerprint density at radius 2 is 2.15 bits per heavy atom. The number of hydrogen-bond donors (Lipinski definition) is 1. The standard InChI is InChI=1S/C15H18N2O3/c1-11-8-13(17-20-11)9-16-10-14(15(18)19-2)12-6-4-3-5-7-12/h3-8,14,16H,9-10H2,1-2H3. The van der Waals surface area contributed by atoms with Gasteiger partial charge in [-0.3, -0.25) is 4.79 Å². The quantitative estimate of drug-likeness (QED) is 0.816. The molecule has 0 amide bonds. The molecule has 2 rings (SSSR count). The predicted octanol–water partition coefficient (Wildman–Crippen LogP) is 2.03. The summed E-state index contributed by atoms with van der Waals surface area (Å²) in [5.74, 6) is 0.198. The minimum atomic E-state index is -0.325. The third kappa shape index (κ3) is 3.68. The number of hydrogen-bond acceptors (Lipinski definition) is 5. The number of rotatable bonds is 6. The molecule has 0 aliphatic heterocycles. The van der Waals surface area contributed by atoms with Crippen LogP contribution in [-0.4, -0.2) is 24.8 Å². The molecule has 1 N–H and O–H groups in total. The fourth-order valence-corrected chi connectivity index (χ4v) is 2.01. The lowest BCUT2D eigenvalue weighted by molar-refractivity contribution is -0.142. The third-order valence-electron chi connectivity index (χ3n) is 3.02. The number of carbonyl (C=O) groups excluding carboxylic acids is 1. The van der Waals surface area contributed by atoms with Gasteiger partial charge in [0.1, 0.15) is 5.76 Å². The zero-order valence-electron chi connectivity index (χ0n) is 11.6. The summed E-state index contributed by atoms with van der Waals surface area (Å²) in [5.41, 5.74) is 1.75. The molecule has 20 heavy (non-hydrogen) atoms. The Labute approximate surface area is 117 Å². The van der Waals surface area contributed by atoms with Gasteiger partial charge in [-0.1, -0.05) is 35.5 Å². The molecular formula is C15H18N2O3. The number of aromatic nitrogens is 1. The lowest BCUT2D eigenvalue weighted by Crippen LogP contribution is -2.27. The van der Waals surface area contributed by atoms with Crippen LogP contribution in [0.2, 0.25) is 0 Å². The Balaban J connectivity index is 1.96. The average Bonchev–Trinajstić information content (AvgIpc) is 2.89. The molecule has 0 bridgehead atoms. The van der Waals surface area contributed by atoms with Gasteiger partial charge in [0.25, 0.3) is 0 Å². The monoisotopic (exact) mass is 274 g/mol. The second kappa shape index (κ2) is 6.86. The van der Waals surface area contributed by atoms with E-state index >= 15 is 0 Å². The second-order valence-corrected chi connectivity index (χ2v) is 4.55. The van der Waals surface area contributed by atoms with Gasteiger partial charge < -0.3 is 14.6 Å². The van der Waals surface area contributed by atoms with Crippen molar-refractivity contribution in [1.29, 1.82) is 0 Å². The summed E-state index contributed by atoms with van der Waals surface area (Å²) in [6, 6.07) is 11.4. The van der Waals surface area contributed by atoms with Gasteiger partial charge >= 0.3 is 5.97 Å². The van der Waals surface area contributed by atoms with Crippen LogP contribution in [0.25, 0.3) is 0 Å². The first-order valence-corrected chi connectivity index (χ1v) is 6.46. The van der Waals surface area contributed by atoms with Gasteiger partial charge in [0.15, 0.2) is 0 Å². The maximum atomic E-state index is 11.9. The molecule has 0 saturated heterocycles. The number of methoxy groups -OCH3 is 1. The highest BCUT2D eigenvalue weighted by molar-refractivity contribution is 5.78. The van der Waals surface area contributed by atoms with Crippen LogP contribution in [0.5, 0.6) is 0 Å². The van der Waals surface area contributed by atoms with Gasteiger partial charge in [0.2, 0.25) is 0 Å². The van der Waals surface area contributed by atoms with Gasteiger partial charge in [-0.2, -0.15) is 0 Å². The van der Waals surface area contributed by atoms with Gasteiger partial charge in [0.05, 0.1) is 18.7 Å². The summed E-state index contributed by atoms with van der Waals surface area (Å²) < 4.78 is 9.85. The van der Waals surface area contributed by atoms with Crippen molar-refractivity contribution in [2.75, 3.05) is 13.7 Å². The van der Waals surface area contributed by atoms with Crippen LogP contribution < -0.4 is 5.32 Å². The Morgan fingerprint density at radius 1 is 1.40 bits per heavy atom. The van der Waals surface area contributed by atoms with E-state index in [0.717, 1.165) is 17.0 Å². The molecule has 1 aromatic heterocycles. The maximum absolute atomic E-state index is 11.9. The smallest absolute Gasteiger partial charge is 0.314 e. The lowest BCUT2D eigenvalue weighted by Gasteiger charge is -2.15. The van der Waals surface area contributed by atoms with Crippen LogP contribution in [0.3, 0.4) is 0 Å². The van der Waals surface area contributed by atoms with Crippen LogP contribution >= 0.6 is 0 Å². The molecule has 106 valence electrons. The van der Waals surface area contributed by atoms with E-state index in [2.05, 4.69) is 10.5 Å². The summed E-state index contributed by atoms with van der Waals surface area (Å²) in [6.07, 6.45) is 0. The van der Waals surface area contributed by atoms with E-state index in [0.29, 0.717) is 13.1 Å². The number of nitrogens with zero attached hydrogens (tertiary/aromatic N) is 1. The van der Waals surface area contributed by atoms with Crippen molar-refractivity contribution in [3.05, 3.63) is 53.4 Å². The summed E-state index contributed by atoms with van der Waals surface area (Å²) in [7, 11) is 1.40. The minimum Gasteiger partial charge on any atom is -0.469 e. The molecule has 2 aromatic rings. The molecule has 1 unspecified atom stereocenters. The van der Waals surface area contributed by atoms with E-state index in [9.17, 15) is 4.79 Å². The van der Waals surface area contributed by atoms with E-state index in [1.165, 1.54) is 7.11 Å². The number of carbonyl (C=O) groups is 1. The van der Waals surface area contributed by atoms with Crippen molar-refractivity contribution in [3.63, 3.8) is 0 Å². The molecule has 0 saturated carbocycles. The Bertz CT molecular complexity index is 551. The van der Waals surface area contributed by atoms with Crippen molar-refractivity contribution in [1.82, 2.24) is 10.5 Å². The second-order valence-electron chi connectivity index (χ2n) is 4.55. The van der Waals surface area contributed by atoms with Gasteiger partial charge in [-0.25, -0.2) is 0 Å². The van der Waals surface area contributed by atoms with Crippen molar-refractivity contribution in [3.8, 4) is 0 Å². The van der Waals surface area contributed by atoms with Crippen molar-refractivity contribution >= 4 is 5.97 Å². The number of aryl methyl sites for hydroxylation is 1. The predicted molar refractivity (Wildman–Crippen MR) is 74.1 cm³/mol. The van der Waals surface area contributed by atoms with Crippen LogP contribution in [0.4, 0.5) is 0 Å². The first kappa shape index (κ1) is 14.3. The van der Waals surface area contributed by atoms with Crippen LogP contribution in [-0.2, 0) is 16.1 Å². The first-order chi connectivity index (χ1) is 9.70. The van der Waals surface area contributed by atoms with Crippen molar-refractivity contribution in [2.45, 2.75) is 19.4 Å². The van der Waals surface area contributed by atoms with E-state index in [1.54, 1.807) is 0 Å². The normalized spacial score (nSPS) is 12.1. The Hall–Kier alpha value is -2.14. The third-order valence-corrected chi connectivity index (χ3v) is 3.02. The number of benzene rings is 1. The Morgan fingerprint density at radius 3 is 2.75 bits per heavy atom. The van der Waals surface area contributed by atoms with Gasteiger partial charge in [-0.05, 0) is 12.5 Å². The molecule has 0 aliphatic rings. The highest BCUT2D eigenvalue weighted by atomic mass is 16.5. The SMILES string of the molecule is COC(=O)C(CNCc1cc(C)on1)c1ccccc1. The average molecular weight is 274 g/mol. The summed E-state index contributed by atoms with van der Waals surface area (Å²) in [6.45, 7) is 2.89. The molecule has 1 heterocycles. The van der Waals surface area contributed by atoms with E-state index in [-0.39, 0.29) is 11.9 Å². The highest BCUT2D eigenvalue weighted by Gasteiger charge is 2.20. The fraction of sp³-hybridized carbons (Fsp3) is 0.333. The van der Waals surface area contributed by atoms with Crippen LogP contribution in [0, 0.1) is 6.92 Å². The van der Waals surface area contributed by atoms with E-state index in [1.807, 2.05) is 43.3 Å². The number of esters is 1. The fourth-order valence-electron chi connectivity index (χ4n) is 2.01. The molecule has 1 atom stereocenters. The summed E-state index contributed by atoms with van der Waals surface area (Å²) >= 11 is 0. The van der Waals surface area contributed by atoms with Crippen LogP contribution in [0.15, 0.2) is 40.9 Å². The van der Waals surface area contributed by atoms with Gasteiger partial charge in [-0.15, -0.1) is 0 Å². The molecule has 0 fully saturated rings. The van der Waals surface area contributed by atoms with E-state index < -0.39 is 0 Å². The van der Waals surface area contributed by atoms with E-state index in [4.69, 9.17) is 9.26 Å². The molecule has 0 radical (unpaired) electrons. The lowest BCUT2D eigenvalue weighted by atomic mass is 9.99. The molecular weight excluding hydrogens is 256 g/mol. The molecule has 5 nitrogen and oxygen atoms in total. The minimum absolute atomic E-state index is 0.250. The summed E-state index contributed by atoms with van der Waals surface area (Å²) in [5, 5.41) is 7.10. The number of nitrogens with one attached hydrogen (secondary N) is 1.